The minimum absolute atomic E-state index is 0.0483. The maximum absolute atomic E-state index is 13.1. The number of carbonyl (C=O) groups is 1. The van der Waals surface area contributed by atoms with Crippen molar-refractivity contribution in [1.29, 1.82) is 0 Å². The molecule has 0 aromatic heterocycles. The molecule has 1 aromatic rings. The third-order valence-electron chi connectivity index (χ3n) is 7.63. The molecule has 0 bridgehead atoms. The molecule has 8 nitrogen and oxygen atoms in total. The molecule has 9 heteroatoms. The number of nitro benzene ring substituents is 1. The summed E-state index contributed by atoms with van der Waals surface area (Å²) in [6.45, 7) is 2.95. The number of carbonyl (C=O) groups excluding carboxylic acids is 1. The smallest absolute Gasteiger partial charge is 0.269 e. The Labute approximate surface area is 183 Å². The van der Waals surface area contributed by atoms with Crippen LogP contribution in [0.25, 0.3) is 0 Å². The van der Waals surface area contributed by atoms with Crippen LogP contribution in [0.1, 0.15) is 64.7 Å². The van der Waals surface area contributed by atoms with Gasteiger partial charge in [0.2, 0.25) is 15.9 Å². The first-order chi connectivity index (χ1) is 14.8. The lowest BCUT2D eigenvalue weighted by molar-refractivity contribution is -0.384. The summed E-state index contributed by atoms with van der Waals surface area (Å²) in [5.41, 5.74) is -0.241. The SMILES string of the molecule is CCC[C@H]1[C@@H](NS(=O)(=O)c2ccc([N+](=O)[O-])cc2)CC[C@@]23CCCN2C(=O)CCC[C@@H]13. The van der Waals surface area contributed by atoms with Gasteiger partial charge < -0.3 is 4.90 Å². The van der Waals surface area contributed by atoms with E-state index < -0.39 is 14.9 Å². The number of rotatable bonds is 6. The number of hydrogen-bond acceptors (Lipinski definition) is 5. The molecular weight excluding hydrogens is 418 g/mol. The molecule has 2 saturated heterocycles. The second-order valence-electron chi connectivity index (χ2n) is 9.22. The van der Waals surface area contributed by atoms with Crippen LogP contribution in [0.3, 0.4) is 0 Å². The molecule has 0 unspecified atom stereocenters. The van der Waals surface area contributed by atoms with Crippen molar-refractivity contribution < 1.29 is 18.1 Å². The molecule has 1 N–H and O–H groups in total. The van der Waals surface area contributed by atoms with Gasteiger partial charge in [0.1, 0.15) is 0 Å². The Bertz CT molecular complexity index is 948. The largest absolute Gasteiger partial charge is 0.337 e. The molecule has 3 aliphatic rings. The van der Waals surface area contributed by atoms with Crippen LogP contribution in [0.15, 0.2) is 29.2 Å². The average molecular weight is 450 g/mol. The van der Waals surface area contributed by atoms with Crippen LogP contribution in [-0.2, 0) is 14.8 Å². The van der Waals surface area contributed by atoms with Gasteiger partial charge in [0.05, 0.1) is 9.82 Å². The molecule has 31 heavy (non-hydrogen) atoms. The third-order valence-corrected chi connectivity index (χ3v) is 9.14. The number of nitrogens with zero attached hydrogens (tertiary/aromatic N) is 2. The number of nitrogens with one attached hydrogen (secondary N) is 1. The zero-order chi connectivity index (χ0) is 22.2. The monoisotopic (exact) mass is 449 g/mol. The van der Waals surface area contributed by atoms with E-state index in [0.29, 0.717) is 18.8 Å². The molecule has 1 spiro atoms. The van der Waals surface area contributed by atoms with Gasteiger partial charge in [0.15, 0.2) is 0 Å². The van der Waals surface area contributed by atoms with Crippen molar-refractivity contribution in [1.82, 2.24) is 9.62 Å². The van der Waals surface area contributed by atoms with Crippen molar-refractivity contribution in [3.8, 4) is 0 Å². The fourth-order valence-electron chi connectivity index (χ4n) is 6.39. The highest BCUT2D eigenvalue weighted by molar-refractivity contribution is 7.89. The van der Waals surface area contributed by atoms with Crippen LogP contribution in [0.2, 0.25) is 0 Å². The summed E-state index contributed by atoms with van der Waals surface area (Å²) in [4.78, 5) is 25.3. The van der Waals surface area contributed by atoms with Crippen LogP contribution in [-0.4, -0.2) is 42.3 Å². The van der Waals surface area contributed by atoms with Gasteiger partial charge in [0.25, 0.3) is 5.69 Å². The maximum Gasteiger partial charge on any atom is 0.269 e. The summed E-state index contributed by atoms with van der Waals surface area (Å²) >= 11 is 0. The zero-order valence-corrected chi connectivity index (χ0v) is 18.8. The van der Waals surface area contributed by atoms with Crippen molar-refractivity contribution in [2.45, 2.75) is 81.2 Å². The third kappa shape index (κ3) is 3.98. The Balaban J connectivity index is 1.60. The summed E-state index contributed by atoms with van der Waals surface area (Å²) in [5, 5.41) is 10.9. The fourth-order valence-corrected chi connectivity index (χ4v) is 7.71. The highest BCUT2D eigenvalue weighted by Crippen LogP contribution is 2.52. The second-order valence-corrected chi connectivity index (χ2v) is 10.9. The molecule has 170 valence electrons. The lowest BCUT2D eigenvalue weighted by Gasteiger charge is -2.53. The minimum Gasteiger partial charge on any atom is -0.337 e. The van der Waals surface area contributed by atoms with Gasteiger partial charge >= 0.3 is 0 Å². The summed E-state index contributed by atoms with van der Waals surface area (Å²) in [6.07, 6.45) is 7.88. The van der Waals surface area contributed by atoms with E-state index in [2.05, 4.69) is 16.5 Å². The number of amides is 1. The van der Waals surface area contributed by atoms with Gasteiger partial charge in [-0.3, -0.25) is 14.9 Å². The molecule has 2 heterocycles. The number of sulfonamides is 1. The van der Waals surface area contributed by atoms with Crippen LogP contribution < -0.4 is 4.72 Å². The molecular formula is C22H31N3O5S. The predicted molar refractivity (Wildman–Crippen MR) is 116 cm³/mol. The number of non-ortho nitro benzene ring substituents is 1. The highest BCUT2D eigenvalue weighted by Gasteiger charge is 2.56. The summed E-state index contributed by atoms with van der Waals surface area (Å²) in [5.74, 6) is 0.748. The molecule has 1 amide bonds. The molecule has 3 fully saturated rings. The molecule has 1 aromatic carbocycles. The van der Waals surface area contributed by atoms with E-state index in [9.17, 15) is 23.3 Å². The number of benzene rings is 1. The van der Waals surface area contributed by atoms with E-state index in [4.69, 9.17) is 0 Å². The fraction of sp³-hybridized carbons (Fsp3) is 0.682. The van der Waals surface area contributed by atoms with E-state index in [0.717, 1.165) is 51.5 Å². The molecule has 0 radical (unpaired) electrons. The first-order valence-corrected chi connectivity index (χ1v) is 12.8. The quantitative estimate of drug-likeness (QED) is 0.527. The van der Waals surface area contributed by atoms with Gasteiger partial charge in [-0.15, -0.1) is 0 Å². The average Bonchev–Trinajstić information content (AvgIpc) is 3.11. The van der Waals surface area contributed by atoms with Gasteiger partial charge in [-0.25, -0.2) is 13.1 Å². The standard InChI is InChI=1S/C22H31N3O5S/c1-2-5-18-19-6-3-7-21(26)24-15-4-13-22(19,24)14-12-20(18)23-31(29,30)17-10-8-16(9-11-17)25(27)28/h8-11,18-20,23H,2-7,12-15H2,1H3/t18-,19+,20+,22-/m1/s1. The second kappa shape index (κ2) is 8.50. The first-order valence-electron chi connectivity index (χ1n) is 11.4. The Morgan fingerprint density at radius 2 is 1.94 bits per heavy atom. The molecule has 2 aliphatic heterocycles. The van der Waals surface area contributed by atoms with Crippen LogP contribution in [0.5, 0.6) is 0 Å². The predicted octanol–water partition coefficient (Wildman–Crippen LogP) is 3.61. The van der Waals surface area contributed by atoms with Crippen molar-refractivity contribution in [2.24, 2.45) is 11.8 Å². The topological polar surface area (TPSA) is 110 Å². The highest BCUT2D eigenvalue weighted by atomic mass is 32.2. The Morgan fingerprint density at radius 1 is 1.19 bits per heavy atom. The Hall–Kier alpha value is -2.00. The van der Waals surface area contributed by atoms with Crippen molar-refractivity contribution in [3.05, 3.63) is 34.4 Å². The molecule has 4 rings (SSSR count). The van der Waals surface area contributed by atoms with E-state index in [1.165, 1.54) is 24.3 Å². The summed E-state index contributed by atoms with van der Waals surface area (Å²) in [6, 6.07) is 4.85. The number of nitro groups is 1. The first kappa shape index (κ1) is 22.2. The van der Waals surface area contributed by atoms with Crippen LogP contribution in [0.4, 0.5) is 5.69 Å². The van der Waals surface area contributed by atoms with E-state index in [1.54, 1.807) is 0 Å². The molecule has 1 aliphatic carbocycles. The van der Waals surface area contributed by atoms with Gasteiger partial charge in [-0.2, -0.15) is 0 Å². The van der Waals surface area contributed by atoms with Crippen molar-refractivity contribution >= 4 is 21.6 Å². The van der Waals surface area contributed by atoms with Gasteiger partial charge in [-0.1, -0.05) is 13.3 Å². The lowest BCUT2D eigenvalue weighted by Crippen LogP contribution is -2.60. The zero-order valence-electron chi connectivity index (χ0n) is 18.0. The van der Waals surface area contributed by atoms with E-state index in [1.807, 2.05) is 0 Å². The van der Waals surface area contributed by atoms with Crippen molar-refractivity contribution in [3.63, 3.8) is 0 Å². The lowest BCUT2D eigenvalue weighted by atomic mass is 9.61. The summed E-state index contributed by atoms with van der Waals surface area (Å²) in [7, 11) is -3.79. The van der Waals surface area contributed by atoms with Crippen molar-refractivity contribution in [2.75, 3.05) is 6.54 Å². The minimum atomic E-state index is -3.79. The molecule has 4 atom stereocenters. The normalized spacial score (nSPS) is 31.1. The Kier molecular flexibility index (Phi) is 6.09. The van der Waals surface area contributed by atoms with E-state index in [-0.39, 0.29) is 34.0 Å². The van der Waals surface area contributed by atoms with E-state index >= 15 is 0 Å². The van der Waals surface area contributed by atoms with Gasteiger partial charge in [0, 0.05) is 36.7 Å². The molecule has 1 saturated carbocycles. The maximum atomic E-state index is 13.1. The van der Waals surface area contributed by atoms with Crippen LogP contribution >= 0.6 is 0 Å². The number of hydrogen-bond donors (Lipinski definition) is 1. The van der Waals surface area contributed by atoms with Crippen LogP contribution in [0, 0.1) is 22.0 Å². The van der Waals surface area contributed by atoms with Gasteiger partial charge in [-0.05, 0) is 68.9 Å². The Morgan fingerprint density at radius 3 is 2.61 bits per heavy atom. The summed E-state index contributed by atoms with van der Waals surface area (Å²) < 4.78 is 29.1.